The Hall–Kier alpha value is -4.40. The number of sulfonamides is 1. The van der Waals surface area contributed by atoms with Crippen LogP contribution in [-0.2, 0) is 46.8 Å². The van der Waals surface area contributed by atoms with Crippen LogP contribution in [0.1, 0.15) is 80.9 Å². The highest BCUT2D eigenvalue weighted by Crippen LogP contribution is 2.45. The molecular formula is C37H47N5O9S. The summed E-state index contributed by atoms with van der Waals surface area (Å²) < 4.78 is 39.0. The van der Waals surface area contributed by atoms with Crippen LogP contribution in [0.25, 0.3) is 6.08 Å². The summed E-state index contributed by atoms with van der Waals surface area (Å²) in [6.45, 7) is 4.59. The van der Waals surface area contributed by atoms with Crippen LogP contribution in [0.15, 0.2) is 36.9 Å². The highest BCUT2D eigenvalue weighted by molar-refractivity contribution is 7.91. The molecule has 4 heterocycles. The molecule has 1 aromatic carbocycles. The van der Waals surface area contributed by atoms with E-state index in [4.69, 9.17) is 9.47 Å². The van der Waals surface area contributed by atoms with Gasteiger partial charge in [0.2, 0.25) is 21.8 Å². The Bertz CT molecular complexity index is 1770. The van der Waals surface area contributed by atoms with E-state index in [1.165, 1.54) is 11.0 Å². The van der Waals surface area contributed by atoms with Crippen LogP contribution in [0.5, 0.6) is 0 Å². The first kappa shape index (κ1) is 36.0. The molecule has 5 amide bonds. The molecule has 3 N–H and O–H groups in total. The minimum Gasteiger partial charge on any atom is -0.450 e. The van der Waals surface area contributed by atoms with Gasteiger partial charge in [-0.25, -0.2) is 18.0 Å². The lowest BCUT2D eigenvalue weighted by atomic mass is 9.94. The molecular weight excluding hydrogens is 691 g/mol. The first-order valence-corrected chi connectivity index (χ1v) is 20.0. The highest BCUT2D eigenvalue weighted by Gasteiger charge is 2.62. The van der Waals surface area contributed by atoms with Crippen molar-refractivity contribution >= 4 is 46.0 Å². The van der Waals surface area contributed by atoms with Gasteiger partial charge >= 0.3 is 12.2 Å². The molecule has 1 saturated heterocycles. The van der Waals surface area contributed by atoms with E-state index in [0.29, 0.717) is 58.0 Å². The fourth-order valence-corrected chi connectivity index (χ4v) is 9.52. The van der Waals surface area contributed by atoms with Gasteiger partial charge in [-0.15, -0.1) is 6.58 Å². The maximum absolute atomic E-state index is 14.5. The number of rotatable bonds is 7. The summed E-state index contributed by atoms with van der Waals surface area (Å²) in [7, 11) is -3.90. The number of alkyl carbamates (subject to hydrolysis) is 1. The number of amides is 5. The second-order valence-electron chi connectivity index (χ2n) is 14.9. The predicted octanol–water partition coefficient (Wildman–Crippen LogP) is 2.91. The van der Waals surface area contributed by atoms with E-state index in [2.05, 4.69) is 28.0 Å². The Labute approximate surface area is 303 Å². The number of ether oxygens (including phenoxy) is 2. The van der Waals surface area contributed by atoms with Crippen molar-refractivity contribution in [3.05, 3.63) is 53.6 Å². The zero-order valence-electron chi connectivity index (χ0n) is 29.2. The number of fused-ring (bicyclic) bond motifs is 10. The number of allylic oxidation sites excluding steroid dienone is 1. The fraction of sp³-hybridized carbons (Fsp3) is 0.595. The summed E-state index contributed by atoms with van der Waals surface area (Å²) in [5.41, 5.74) is 1.67. The number of hydrogen-bond donors (Lipinski definition) is 3. The molecule has 52 heavy (non-hydrogen) atoms. The molecule has 0 spiro atoms. The quantitative estimate of drug-likeness (QED) is 0.355. The summed E-state index contributed by atoms with van der Waals surface area (Å²) in [4.78, 5) is 71.7. The molecule has 6 bridgehead atoms. The molecule has 1 aromatic rings. The van der Waals surface area contributed by atoms with Crippen LogP contribution in [0.3, 0.4) is 0 Å². The Kier molecular flexibility index (Phi) is 10.1. The molecule has 0 unspecified atom stereocenters. The average molecular weight is 738 g/mol. The molecule has 3 saturated carbocycles. The summed E-state index contributed by atoms with van der Waals surface area (Å²) >= 11 is 0. The minimum absolute atomic E-state index is 0.0542. The number of nitrogens with one attached hydrogen (secondary N) is 3. The molecule has 15 heteroatoms. The maximum Gasteiger partial charge on any atom is 0.410 e. The minimum atomic E-state index is -3.90. The summed E-state index contributed by atoms with van der Waals surface area (Å²) in [5.74, 6) is -2.77. The highest BCUT2D eigenvalue weighted by atomic mass is 32.2. The van der Waals surface area contributed by atoms with Gasteiger partial charge in [0.05, 0.1) is 18.4 Å². The van der Waals surface area contributed by atoms with Gasteiger partial charge in [0, 0.05) is 25.4 Å². The monoisotopic (exact) mass is 737 g/mol. The topological polar surface area (TPSA) is 181 Å². The molecule has 14 nitrogen and oxygen atoms in total. The standard InChI is InChI=1S/C37H47N5O9S/c1-2-26-20-37(26,34(45)40-52(48,49)28-14-15-28)39-32(43)30-19-27-22-42(30)33(44)31(24-10-5-6-11-24)38-35(46)50-18-7-3-4-9-23-12-8-13-25-21-41(36(47)51-27)17-16-29(23)25/h2,4,8-9,12-13,24,26-28,30-31H,1,3,5-7,10-11,14-22H2,(H,38,46)(H,39,43)(H,40,45)/b9-4+/t26-,27-,30+,31+,37-/m1/s1. The smallest absolute Gasteiger partial charge is 0.410 e. The van der Waals surface area contributed by atoms with E-state index in [9.17, 15) is 32.4 Å². The number of carbonyl (C=O) groups is 5. The Morgan fingerprint density at radius 2 is 1.87 bits per heavy atom. The van der Waals surface area contributed by atoms with Crippen LogP contribution in [0, 0.1) is 11.8 Å². The van der Waals surface area contributed by atoms with Crippen molar-refractivity contribution in [3.8, 4) is 0 Å². The van der Waals surface area contributed by atoms with Crippen molar-refractivity contribution in [2.45, 2.75) is 106 Å². The molecule has 3 aliphatic carbocycles. The summed E-state index contributed by atoms with van der Waals surface area (Å²) in [6.07, 6.45) is 9.46. The second kappa shape index (κ2) is 14.6. The second-order valence-corrected chi connectivity index (χ2v) is 16.9. The van der Waals surface area contributed by atoms with E-state index in [1.54, 1.807) is 4.90 Å². The van der Waals surface area contributed by atoms with Crippen LogP contribution < -0.4 is 15.4 Å². The van der Waals surface area contributed by atoms with Gasteiger partial charge in [-0.2, -0.15) is 0 Å². The first-order chi connectivity index (χ1) is 25.0. The van der Waals surface area contributed by atoms with Crippen LogP contribution in [-0.4, -0.2) is 96.8 Å². The van der Waals surface area contributed by atoms with Crippen molar-refractivity contribution < 1.29 is 41.9 Å². The number of carbonyl (C=O) groups excluding carboxylic acids is 5. The SMILES string of the molecule is C=C[C@@H]1C[C@]1(NC(=O)[C@@H]1C[C@@H]2CN1C(=O)[C@H](C1CCCC1)NC(=O)OCCC/C=C/c1cccc3c1CCN(C3)C(=O)O2)C(=O)NS(=O)(=O)C1CC1. The van der Waals surface area contributed by atoms with Gasteiger partial charge in [0.25, 0.3) is 5.91 Å². The Morgan fingerprint density at radius 1 is 1.08 bits per heavy atom. The van der Waals surface area contributed by atoms with Gasteiger partial charge in [0.15, 0.2) is 0 Å². The number of benzene rings is 1. The van der Waals surface area contributed by atoms with Crippen molar-refractivity contribution in [3.63, 3.8) is 0 Å². The van der Waals surface area contributed by atoms with Crippen molar-refractivity contribution in [2.75, 3.05) is 19.7 Å². The lowest BCUT2D eigenvalue weighted by Gasteiger charge is -2.32. The van der Waals surface area contributed by atoms with Gasteiger partial charge in [-0.1, -0.05) is 49.3 Å². The third-order valence-electron chi connectivity index (χ3n) is 11.4. The van der Waals surface area contributed by atoms with Gasteiger partial charge in [-0.3, -0.25) is 19.1 Å². The fourth-order valence-electron chi connectivity index (χ4n) is 8.16. The van der Waals surface area contributed by atoms with Gasteiger partial charge < -0.3 is 29.9 Å². The third kappa shape index (κ3) is 7.42. The van der Waals surface area contributed by atoms with Crippen LogP contribution in [0.4, 0.5) is 9.59 Å². The van der Waals surface area contributed by atoms with Crippen molar-refractivity contribution in [1.29, 1.82) is 0 Å². The van der Waals surface area contributed by atoms with E-state index >= 15 is 0 Å². The average Bonchev–Trinajstić information content (AvgIpc) is 4.00. The maximum atomic E-state index is 14.5. The zero-order valence-corrected chi connectivity index (χ0v) is 30.0. The van der Waals surface area contributed by atoms with E-state index in [1.807, 2.05) is 24.3 Å². The predicted molar refractivity (Wildman–Crippen MR) is 189 cm³/mol. The zero-order chi connectivity index (χ0) is 36.6. The molecule has 7 aliphatic rings. The van der Waals surface area contributed by atoms with Gasteiger partial charge in [0.1, 0.15) is 23.7 Å². The normalized spacial score (nSPS) is 30.5. The Balaban J connectivity index is 1.16. The summed E-state index contributed by atoms with van der Waals surface area (Å²) in [6, 6.07) is 3.81. The molecule has 4 fully saturated rings. The third-order valence-corrected chi connectivity index (χ3v) is 13.2. The molecule has 280 valence electrons. The van der Waals surface area contributed by atoms with Crippen LogP contribution >= 0.6 is 0 Å². The summed E-state index contributed by atoms with van der Waals surface area (Å²) in [5, 5.41) is 4.91. The van der Waals surface area contributed by atoms with E-state index < -0.39 is 74.8 Å². The molecule has 0 aromatic heterocycles. The van der Waals surface area contributed by atoms with Crippen molar-refractivity contribution in [2.24, 2.45) is 11.8 Å². The van der Waals surface area contributed by atoms with Gasteiger partial charge in [-0.05, 0) is 74.0 Å². The Morgan fingerprint density at radius 3 is 2.60 bits per heavy atom. The lowest BCUT2D eigenvalue weighted by Crippen LogP contribution is -2.59. The first-order valence-electron chi connectivity index (χ1n) is 18.5. The molecule has 0 radical (unpaired) electrons. The number of nitrogens with zero attached hydrogens (tertiary/aromatic N) is 2. The largest absolute Gasteiger partial charge is 0.450 e. The van der Waals surface area contributed by atoms with E-state index in [0.717, 1.165) is 29.5 Å². The van der Waals surface area contributed by atoms with Crippen molar-refractivity contribution in [1.82, 2.24) is 25.2 Å². The molecule has 8 rings (SSSR count). The molecule has 5 atom stereocenters. The number of hydrogen-bond acceptors (Lipinski definition) is 9. The molecule has 4 aliphatic heterocycles. The van der Waals surface area contributed by atoms with Crippen LogP contribution in [0.2, 0.25) is 0 Å². The lowest BCUT2D eigenvalue weighted by molar-refractivity contribution is -0.142. The van der Waals surface area contributed by atoms with E-state index in [-0.39, 0.29) is 31.9 Å².